The molecule has 26 heavy (non-hydrogen) atoms. The lowest BCUT2D eigenvalue weighted by Gasteiger charge is -2.37. The van der Waals surface area contributed by atoms with Crippen molar-refractivity contribution in [1.82, 2.24) is 10.6 Å². The largest absolute Gasteiger partial charge is 0.384 e. The molecule has 144 valence electrons. The average molecular weight is 381 g/mol. The van der Waals surface area contributed by atoms with E-state index < -0.39 is 10.0 Å². The molecular formula is C18H27N3O4S. The van der Waals surface area contributed by atoms with Crippen LogP contribution in [0.5, 0.6) is 0 Å². The number of ether oxygens (including phenoxy) is 1. The summed E-state index contributed by atoms with van der Waals surface area (Å²) in [7, 11) is -1.51. The Balaban J connectivity index is 1.63. The topological polar surface area (TPSA) is 87.7 Å². The van der Waals surface area contributed by atoms with Crippen LogP contribution in [0.4, 0.5) is 5.69 Å². The monoisotopic (exact) mass is 381 g/mol. The fourth-order valence-corrected chi connectivity index (χ4v) is 5.28. The summed E-state index contributed by atoms with van der Waals surface area (Å²) in [5.41, 5.74) is 1.12. The first-order valence-corrected chi connectivity index (χ1v) is 10.7. The second kappa shape index (κ2) is 7.94. The maximum absolute atomic E-state index is 12.5. The summed E-state index contributed by atoms with van der Waals surface area (Å²) in [5.74, 6) is 0.0425. The van der Waals surface area contributed by atoms with Gasteiger partial charge in [-0.1, -0.05) is 0 Å². The number of benzene rings is 1. The van der Waals surface area contributed by atoms with Crippen LogP contribution in [0, 0.1) is 5.41 Å². The zero-order valence-electron chi connectivity index (χ0n) is 15.2. The molecule has 2 heterocycles. The Morgan fingerprint density at radius 1 is 1.27 bits per heavy atom. The summed E-state index contributed by atoms with van der Waals surface area (Å²) in [5, 5.41) is 6.36. The van der Waals surface area contributed by atoms with Crippen molar-refractivity contribution < 1.29 is 17.9 Å². The summed E-state index contributed by atoms with van der Waals surface area (Å²) >= 11 is 0. The highest BCUT2D eigenvalue weighted by atomic mass is 32.2. The number of methoxy groups -OCH3 is 1. The van der Waals surface area contributed by atoms with Crippen molar-refractivity contribution in [2.24, 2.45) is 5.41 Å². The Hall–Kier alpha value is -1.64. The molecule has 1 aromatic rings. The molecule has 2 aliphatic rings. The van der Waals surface area contributed by atoms with Crippen molar-refractivity contribution in [3.8, 4) is 0 Å². The van der Waals surface area contributed by atoms with Crippen LogP contribution >= 0.6 is 0 Å². The first-order chi connectivity index (χ1) is 12.5. The lowest BCUT2D eigenvalue weighted by molar-refractivity contribution is 0.0512. The number of carbonyl (C=O) groups is 1. The van der Waals surface area contributed by atoms with E-state index in [4.69, 9.17) is 4.74 Å². The minimum Gasteiger partial charge on any atom is -0.384 e. The number of anilines is 1. The molecule has 7 nitrogen and oxygen atoms in total. The minimum absolute atomic E-state index is 0.0285. The van der Waals surface area contributed by atoms with Gasteiger partial charge in [-0.15, -0.1) is 0 Å². The van der Waals surface area contributed by atoms with Gasteiger partial charge in [0.1, 0.15) is 0 Å². The van der Waals surface area contributed by atoms with Crippen LogP contribution < -0.4 is 14.9 Å². The molecule has 1 aromatic carbocycles. The first-order valence-electron chi connectivity index (χ1n) is 9.04. The normalized spacial score (nSPS) is 21.5. The summed E-state index contributed by atoms with van der Waals surface area (Å²) < 4.78 is 30.8. The van der Waals surface area contributed by atoms with Crippen LogP contribution in [0.1, 0.15) is 29.6 Å². The number of nitrogens with one attached hydrogen (secondary N) is 2. The summed E-state index contributed by atoms with van der Waals surface area (Å²) in [6, 6.07) is 6.77. The van der Waals surface area contributed by atoms with Gasteiger partial charge >= 0.3 is 0 Å². The van der Waals surface area contributed by atoms with Crippen molar-refractivity contribution in [3.05, 3.63) is 29.8 Å². The molecule has 0 saturated carbocycles. The van der Waals surface area contributed by atoms with Crippen LogP contribution in [0.3, 0.4) is 0 Å². The molecule has 0 spiro atoms. The molecule has 1 amide bonds. The van der Waals surface area contributed by atoms with Gasteiger partial charge in [-0.25, -0.2) is 8.42 Å². The maximum Gasteiger partial charge on any atom is 0.251 e. The Morgan fingerprint density at radius 3 is 2.54 bits per heavy atom. The van der Waals surface area contributed by atoms with Crippen LogP contribution in [-0.2, 0) is 14.8 Å². The number of sulfonamides is 1. The number of hydrogen-bond acceptors (Lipinski definition) is 5. The number of nitrogens with zero attached hydrogens (tertiary/aromatic N) is 1. The molecule has 0 aliphatic carbocycles. The smallest absolute Gasteiger partial charge is 0.251 e. The molecule has 0 unspecified atom stereocenters. The molecular weight excluding hydrogens is 354 g/mol. The molecule has 2 fully saturated rings. The van der Waals surface area contributed by atoms with Gasteiger partial charge < -0.3 is 15.4 Å². The van der Waals surface area contributed by atoms with E-state index in [1.165, 1.54) is 4.31 Å². The van der Waals surface area contributed by atoms with E-state index in [1.807, 2.05) is 0 Å². The van der Waals surface area contributed by atoms with E-state index in [2.05, 4.69) is 10.6 Å². The highest BCUT2D eigenvalue weighted by Gasteiger charge is 2.32. The molecule has 2 aliphatic heterocycles. The zero-order valence-corrected chi connectivity index (χ0v) is 16.0. The SMILES string of the molecule is COCC1(CNC(=O)c2ccc(N3CCCS3(=O)=O)cc2)CCNCC1. The van der Waals surface area contributed by atoms with E-state index in [1.54, 1.807) is 31.4 Å². The molecule has 0 atom stereocenters. The third-order valence-corrected chi connectivity index (χ3v) is 7.12. The molecule has 0 radical (unpaired) electrons. The predicted octanol–water partition coefficient (Wildman–Crippen LogP) is 0.972. The van der Waals surface area contributed by atoms with Gasteiger partial charge in [0.15, 0.2) is 0 Å². The predicted molar refractivity (Wildman–Crippen MR) is 101 cm³/mol. The molecule has 2 saturated heterocycles. The number of piperidine rings is 1. The lowest BCUT2D eigenvalue weighted by Crippen LogP contribution is -2.47. The van der Waals surface area contributed by atoms with Gasteiger partial charge in [0.25, 0.3) is 5.91 Å². The number of amides is 1. The molecule has 8 heteroatoms. The van der Waals surface area contributed by atoms with Gasteiger partial charge in [0.05, 0.1) is 18.0 Å². The van der Waals surface area contributed by atoms with Crippen LogP contribution in [-0.4, -0.2) is 60.0 Å². The third kappa shape index (κ3) is 4.19. The van der Waals surface area contributed by atoms with Crippen LogP contribution in [0.25, 0.3) is 0 Å². The van der Waals surface area contributed by atoms with Gasteiger partial charge in [0.2, 0.25) is 10.0 Å². The van der Waals surface area contributed by atoms with Crippen LogP contribution in [0.2, 0.25) is 0 Å². The van der Waals surface area contributed by atoms with E-state index >= 15 is 0 Å². The van der Waals surface area contributed by atoms with Gasteiger partial charge in [-0.2, -0.15) is 0 Å². The van der Waals surface area contributed by atoms with E-state index in [0.717, 1.165) is 25.9 Å². The second-order valence-corrected chi connectivity index (χ2v) is 9.17. The lowest BCUT2D eigenvalue weighted by atomic mass is 9.79. The summed E-state index contributed by atoms with van der Waals surface area (Å²) in [6.45, 7) is 3.56. The Labute approximate surface area is 155 Å². The number of hydrogen-bond donors (Lipinski definition) is 2. The van der Waals surface area contributed by atoms with Gasteiger partial charge in [-0.3, -0.25) is 9.10 Å². The summed E-state index contributed by atoms with van der Waals surface area (Å²) in [4.78, 5) is 12.5. The fourth-order valence-electron chi connectivity index (χ4n) is 3.71. The van der Waals surface area contributed by atoms with Gasteiger partial charge in [-0.05, 0) is 56.6 Å². The zero-order chi connectivity index (χ0) is 18.6. The van der Waals surface area contributed by atoms with Crippen LogP contribution in [0.15, 0.2) is 24.3 Å². The highest BCUT2D eigenvalue weighted by Crippen LogP contribution is 2.28. The quantitative estimate of drug-likeness (QED) is 0.767. The van der Waals surface area contributed by atoms with Crippen molar-refractivity contribution >= 4 is 21.6 Å². The van der Waals surface area contributed by atoms with Crippen molar-refractivity contribution in [1.29, 1.82) is 0 Å². The Morgan fingerprint density at radius 2 is 1.96 bits per heavy atom. The molecule has 0 aromatic heterocycles. The number of rotatable bonds is 6. The second-order valence-electron chi connectivity index (χ2n) is 7.15. The van der Waals surface area contributed by atoms with Crippen molar-refractivity contribution in [3.63, 3.8) is 0 Å². The van der Waals surface area contributed by atoms with Crippen molar-refractivity contribution in [2.45, 2.75) is 19.3 Å². The van der Waals surface area contributed by atoms with E-state index in [0.29, 0.717) is 37.4 Å². The van der Waals surface area contributed by atoms with E-state index in [9.17, 15) is 13.2 Å². The average Bonchev–Trinajstić information content (AvgIpc) is 3.00. The van der Waals surface area contributed by atoms with Crippen molar-refractivity contribution in [2.75, 3.05) is 50.0 Å². The Bertz CT molecular complexity index is 722. The Kier molecular flexibility index (Phi) is 5.84. The standard InChI is InChI=1S/C18H27N3O4S/c1-25-14-18(7-9-19-10-8-18)13-20-17(22)15-3-5-16(6-4-15)21-11-2-12-26(21,23)24/h3-6,19H,2,7-14H2,1H3,(H,20,22). The number of carbonyl (C=O) groups excluding carboxylic acids is 1. The first kappa shape index (κ1) is 19.1. The fraction of sp³-hybridized carbons (Fsp3) is 0.611. The third-order valence-electron chi connectivity index (χ3n) is 5.26. The maximum atomic E-state index is 12.5. The molecule has 2 N–H and O–H groups in total. The summed E-state index contributed by atoms with van der Waals surface area (Å²) in [6.07, 6.45) is 2.57. The molecule has 0 bridgehead atoms. The molecule has 3 rings (SSSR count). The van der Waals surface area contributed by atoms with Gasteiger partial charge in [0, 0.05) is 31.2 Å². The minimum atomic E-state index is -3.20. The highest BCUT2D eigenvalue weighted by molar-refractivity contribution is 7.93. The van der Waals surface area contributed by atoms with E-state index in [-0.39, 0.29) is 17.1 Å².